The van der Waals surface area contributed by atoms with Crippen LogP contribution in [0.1, 0.15) is 11.4 Å². The van der Waals surface area contributed by atoms with Crippen LogP contribution in [0, 0.1) is 12.8 Å². The van der Waals surface area contributed by atoms with Crippen molar-refractivity contribution < 1.29 is 19.4 Å². The van der Waals surface area contributed by atoms with Crippen LogP contribution in [0.4, 0.5) is 5.69 Å². The van der Waals surface area contributed by atoms with E-state index in [9.17, 15) is 9.59 Å². The van der Waals surface area contributed by atoms with Crippen LogP contribution in [0.5, 0.6) is 0 Å². The Labute approximate surface area is 149 Å². The van der Waals surface area contributed by atoms with Crippen molar-refractivity contribution in [2.75, 3.05) is 37.8 Å². The van der Waals surface area contributed by atoms with Crippen LogP contribution in [0.3, 0.4) is 0 Å². The third-order valence-electron chi connectivity index (χ3n) is 4.07. The Morgan fingerprint density at radius 2 is 2.32 bits per heavy atom. The molecule has 1 aromatic heterocycles. The second kappa shape index (κ2) is 7.90. The summed E-state index contributed by atoms with van der Waals surface area (Å²) in [4.78, 5) is 30.6. The number of hydrogen-bond donors (Lipinski definition) is 2. The standard InChI is InChI=1S/C17H21N3O4S/c1-11-19-14-9-13(2-3-15(14)25-11)20-10-12(8-16(20)22)17(23)18-4-6-24-7-5-21/h2-3,9,12,21H,4-8,10H2,1H3,(H,18,23). The average molecular weight is 363 g/mol. The first-order valence-corrected chi connectivity index (χ1v) is 9.04. The van der Waals surface area contributed by atoms with Crippen molar-refractivity contribution in [3.8, 4) is 0 Å². The molecular formula is C17H21N3O4S. The third kappa shape index (κ3) is 4.15. The minimum atomic E-state index is -0.363. The normalized spacial score (nSPS) is 17.4. The molecule has 25 heavy (non-hydrogen) atoms. The van der Waals surface area contributed by atoms with Gasteiger partial charge in [0.2, 0.25) is 11.8 Å². The fourth-order valence-electron chi connectivity index (χ4n) is 2.89. The largest absolute Gasteiger partial charge is 0.394 e. The number of aryl methyl sites for hydroxylation is 1. The number of rotatable bonds is 7. The van der Waals surface area contributed by atoms with Crippen molar-refractivity contribution >= 4 is 39.1 Å². The Bertz CT molecular complexity index is 776. The quantitative estimate of drug-likeness (QED) is 0.719. The molecule has 134 valence electrons. The van der Waals surface area contributed by atoms with E-state index in [0.29, 0.717) is 19.7 Å². The highest BCUT2D eigenvalue weighted by Crippen LogP contribution is 2.30. The van der Waals surface area contributed by atoms with Gasteiger partial charge in [0.05, 0.1) is 41.0 Å². The summed E-state index contributed by atoms with van der Waals surface area (Å²) in [5, 5.41) is 12.4. The second-order valence-electron chi connectivity index (χ2n) is 5.92. The molecule has 0 radical (unpaired) electrons. The van der Waals surface area contributed by atoms with E-state index in [2.05, 4.69) is 10.3 Å². The molecule has 1 aliphatic heterocycles. The van der Waals surface area contributed by atoms with Gasteiger partial charge >= 0.3 is 0 Å². The molecule has 1 aromatic carbocycles. The molecule has 2 amide bonds. The van der Waals surface area contributed by atoms with Crippen LogP contribution in [-0.4, -0.2) is 54.8 Å². The maximum Gasteiger partial charge on any atom is 0.227 e. The highest BCUT2D eigenvalue weighted by atomic mass is 32.1. The predicted octanol–water partition coefficient (Wildman–Crippen LogP) is 1.08. The first-order chi connectivity index (χ1) is 12.1. The summed E-state index contributed by atoms with van der Waals surface area (Å²) in [6, 6.07) is 5.77. The van der Waals surface area contributed by atoms with Gasteiger partial charge in [-0.25, -0.2) is 4.98 Å². The van der Waals surface area contributed by atoms with Crippen molar-refractivity contribution in [1.82, 2.24) is 10.3 Å². The number of ether oxygens (including phenoxy) is 1. The Hall–Kier alpha value is -2.03. The molecular weight excluding hydrogens is 342 g/mol. The van der Waals surface area contributed by atoms with E-state index in [-0.39, 0.29) is 37.4 Å². The number of aromatic nitrogens is 1. The minimum absolute atomic E-state index is 0.0388. The summed E-state index contributed by atoms with van der Waals surface area (Å²) in [5.74, 6) is -0.560. The number of benzene rings is 1. The Kier molecular flexibility index (Phi) is 5.62. The highest BCUT2D eigenvalue weighted by Gasteiger charge is 2.35. The molecule has 7 nitrogen and oxygen atoms in total. The van der Waals surface area contributed by atoms with Crippen LogP contribution in [0.25, 0.3) is 10.2 Å². The summed E-state index contributed by atoms with van der Waals surface area (Å²) in [7, 11) is 0. The van der Waals surface area contributed by atoms with Crippen molar-refractivity contribution in [3.63, 3.8) is 0 Å². The zero-order valence-electron chi connectivity index (χ0n) is 14.0. The smallest absolute Gasteiger partial charge is 0.227 e. The predicted molar refractivity (Wildman–Crippen MR) is 95.7 cm³/mol. The fourth-order valence-corrected chi connectivity index (χ4v) is 3.70. The first-order valence-electron chi connectivity index (χ1n) is 8.22. The van der Waals surface area contributed by atoms with Crippen LogP contribution < -0.4 is 10.2 Å². The lowest BCUT2D eigenvalue weighted by atomic mass is 10.1. The maximum atomic E-state index is 12.3. The molecule has 8 heteroatoms. The molecule has 2 N–H and O–H groups in total. The number of thiazole rings is 1. The van der Waals surface area contributed by atoms with Gasteiger partial charge in [-0.1, -0.05) is 0 Å². The molecule has 0 saturated carbocycles. The van der Waals surface area contributed by atoms with E-state index in [4.69, 9.17) is 9.84 Å². The SMILES string of the molecule is Cc1nc2cc(N3CC(C(=O)NCCOCCO)CC3=O)ccc2s1. The number of amides is 2. The molecule has 1 unspecified atom stereocenters. The number of aliphatic hydroxyl groups excluding tert-OH is 1. The molecule has 1 aliphatic rings. The van der Waals surface area contributed by atoms with Gasteiger partial charge in [-0.2, -0.15) is 0 Å². The van der Waals surface area contributed by atoms with E-state index < -0.39 is 0 Å². The average Bonchev–Trinajstić information content (AvgIpc) is 3.15. The number of anilines is 1. The van der Waals surface area contributed by atoms with Gasteiger partial charge in [-0.3, -0.25) is 9.59 Å². The zero-order valence-corrected chi connectivity index (χ0v) is 14.8. The van der Waals surface area contributed by atoms with Gasteiger partial charge in [0.1, 0.15) is 0 Å². The van der Waals surface area contributed by atoms with Crippen molar-refractivity contribution in [2.45, 2.75) is 13.3 Å². The number of nitrogens with zero attached hydrogens (tertiary/aromatic N) is 2. The molecule has 0 spiro atoms. The van der Waals surface area contributed by atoms with Gasteiger partial charge in [-0.15, -0.1) is 11.3 Å². The van der Waals surface area contributed by atoms with E-state index in [0.717, 1.165) is 20.9 Å². The summed E-state index contributed by atoms with van der Waals surface area (Å²) < 4.78 is 6.19. The third-order valence-corrected chi connectivity index (χ3v) is 5.02. The van der Waals surface area contributed by atoms with Crippen LogP contribution in [0.15, 0.2) is 18.2 Å². The summed E-state index contributed by atoms with van der Waals surface area (Å²) in [6.45, 7) is 3.25. The number of hydrogen-bond acceptors (Lipinski definition) is 6. The molecule has 1 fully saturated rings. The molecule has 2 heterocycles. The molecule has 1 atom stereocenters. The Morgan fingerprint density at radius 3 is 3.12 bits per heavy atom. The Balaban J connectivity index is 1.60. The van der Waals surface area contributed by atoms with Crippen molar-refractivity contribution in [1.29, 1.82) is 0 Å². The lowest BCUT2D eigenvalue weighted by Crippen LogP contribution is -2.35. The number of carbonyl (C=O) groups excluding carboxylic acids is 2. The Morgan fingerprint density at radius 1 is 1.48 bits per heavy atom. The first kappa shape index (κ1) is 17.8. The molecule has 0 bridgehead atoms. The number of nitrogens with one attached hydrogen (secondary N) is 1. The van der Waals surface area contributed by atoms with Crippen LogP contribution >= 0.6 is 11.3 Å². The van der Waals surface area contributed by atoms with Gasteiger partial charge < -0.3 is 20.1 Å². The molecule has 0 aliphatic carbocycles. The van der Waals surface area contributed by atoms with E-state index >= 15 is 0 Å². The van der Waals surface area contributed by atoms with Gasteiger partial charge in [0.15, 0.2) is 0 Å². The summed E-state index contributed by atoms with van der Waals surface area (Å²) in [6.07, 6.45) is 0.206. The van der Waals surface area contributed by atoms with Crippen LogP contribution in [0.2, 0.25) is 0 Å². The van der Waals surface area contributed by atoms with E-state index in [1.54, 1.807) is 16.2 Å². The summed E-state index contributed by atoms with van der Waals surface area (Å²) >= 11 is 1.62. The summed E-state index contributed by atoms with van der Waals surface area (Å²) in [5.41, 5.74) is 1.66. The fraction of sp³-hybridized carbons (Fsp3) is 0.471. The number of carbonyl (C=O) groups is 2. The van der Waals surface area contributed by atoms with Gasteiger partial charge in [-0.05, 0) is 25.1 Å². The van der Waals surface area contributed by atoms with Gasteiger partial charge in [0.25, 0.3) is 0 Å². The lowest BCUT2D eigenvalue weighted by Gasteiger charge is -2.16. The highest BCUT2D eigenvalue weighted by molar-refractivity contribution is 7.18. The topological polar surface area (TPSA) is 91.8 Å². The molecule has 3 rings (SSSR count). The van der Waals surface area contributed by atoms with Crippen LogP contribution in [-0.2, 0) is 14.3 Å². The molecule has 2 aromatic rings. The van der Waals surface area contributed by atoms with E-state index in [1.807, 2.05) is 25.1 Å². The van der Waals surface area contributed by atoms with Gasteiger partial charge in [0, 0.05) is 25.2 Å². The molecule has 1 saturated heterocycles. The van der Waals surface area contributed by atoms with E-state index in [1.165, 1.54) is 0 Å². The number of fused-ring (bicyclic) bond motifs is 1. The lowest BCUT2D eigenvalue weighted by molar-refractivity contribution is -0.126. The maximum absolute atomic E-state index is 12.3. The van der Waals surface area contributed by atoms with Crippen molar-refractivity contribution in [2.24, 2.45) is 5.92 Å². The zero-order chi connectivity index (χ0) is 17.8. The minimum Gasteiger partial charge on any atom is -0.394 e. The monoisotopic (exact) mass is 363 g/mol. The second-order valence-corrected chi connectivity index (χ2v) is 7.15. The van der Waals surface area contributed by atoms with Crippen molar-refractivity contribution in [3.05, 3.63) is 23.2 Å². The number of aliphatic hydroxyl groups is 1.